The van der Waals surface area contributed by atoms with Gasteiger partial charge in [-0.3, -0.25) is 14.5 Å². The van der Waals surface area contributed by atoms with Crippen LogP contribution in [0.2, 0.25) is 0 Å². The van der Waals surface area contributed by atoms with E-state index >= 15 is 0 Å². The summed E-state index contributed by atoms with van der Waals surface area (Å²) in [6, 6.07) is 7.55. The van der Waals surface area contributed by atoms with Gasteiger partial charge >= 0.3 is 0 Å². The van der Waals surface area contributed by atoms with Crippen molar-refractivity contribution >= 4 is 17.5 Å². The summed E-state index contributed by atoms with van der Waals surface area (Å²) in [4.78, 5) is 26.1. The van der Waals surface area contributed by atoms with Crippen molar-refractivity contribution in [3.8, 4) is 0 Å². The lowest BCUT2D eigenvalue weighted by atomic mass is 10.00. The van der Waals surface area contributed by atoms with E-state index in [2.05, 4.69) is 0 Å². The highest BCUT2D eigenvalue weighted by molar-refractivity contribution is 6.22. The first-order valence-corrected chi connectivity index (χ1v) is 7.30. The van der Waals surface area contributed by atoms with Crippen LogP contribution in [-0.2, 0) is 16.0 Å². The second kappa shape index (κ2) is 5.37. The summed E-state index contributed by atoms with van der Waals surface area (Å²) in [5.74, 6) is -0.249. The molecule has 1 heterocycles. The van der Waals surface area contributed by atoms with Crippen LogP contribution in [0.15, 0.2) is 24.3 Å². The molecule has 106 valence electrons. The maximum atomic E-state index is 12.4. The Morgan fingerprint density at radius 2 is 1.85 bits per heavy atom. The number of fused-ring (bicyclic) bond motifs is 1. The topological polar surface area (TPSA) is 57.6 Å². The van der Waals surface area contributed by atoms with Crippen LogP contribution < -0.4 is 4.90 Å². The lowest BCUT2D eigenvalue weighted by Gasteiger charge is -2.16. The molecule has 2 atom stereocenters. The van der Waals surface area contributed by atoms with E-state index in [1.165, 1.54) is 4.90 Å². The Morgan fingerprint density at radius 3 is 2.50 bits per heavy atom. The number of amides is 2. The van der Waals surface area contributed by atoms with Crippen LogP contribution in [0.5, 0.6) is 0 Å². The summed E-state index contributed by atoms with van der Waals surface area (Å²) in [6.07, 6.45) is 4.12. The third kappa shape index (κ3) is 2.14. The van der Waals surface area contributed by atoms with Gasteiger partial charge in [0.2, 0.25) is 11.8 Å². The number of aliphatic hydroxyl groups excluding tert-OH is 1. The lowest BCUT2D eigenvalue weighted by Crippen LogP contribution is -2.31. The molecule has 2 aliphatic rings. The smallest absolute Gasteiger partial charge is 0.237 e. The Hall–Kier alpha value is -1.68. The molecule has 0 aromatic heterocycles. The molecule has 0 radical (unpaired) electrons. The van der Waals surface area contributed by atoms with Gasteiger partial charge in [-0.2, -0.15) is 0 Å². The van der Waals surface area contributed by atoms with Crippen LogP contribution in [-0.4, -0.2) is 23.5 Å². The van der Waals surface area contributed by atoms with Crippen molar-refractivity contribution in [3.63, 3.8) is 0 Å². The number of hydrogen-bond acceptors (Lipinski definition) is 3. The SMILES string of the molecule is O=C1C2CCCC2C(=O)N1c1cccc(CCCO)c1. The summed E-state index contributed by atoms with van der Waals surface area (Å²) in [7, 11) is 0. The Balaban J connectivity index is 1.85. The second-order valence-corrected chi connectivity index (χ2v) is 5.65. The number of aliphatic hydroxyl groups is 1. The van der Waals surface area contributed by atoms with Crippen molar-refractivity contribution < 1.29 is 14.7 Å². The Kier molecular flexibility index (Phi) is 3.57. The van der Waals surface area contributed by atoms with E-state index in [1.807, 2.05) is 24.3 Å². The monoisotopic (exact) mass is 273 g/mol. The Bertz CT molecular complexity index is 518. The van der Waals surface area contributed by atoms with Gasteiger partial charge in [-0.15, -0.1) is 0 Å². The number of nitrogens with zero attached hydrogens (tertiary/aromatic N) is 1. The first-order chi connectivity index (χ1) is 9.72. The van der Waals surface area contributed by atoms with E-state index in [-0.39, 0.29) is 30.3 Å². The van der Waals surface area contributed by atoms with Gasteiger partial charge in [0.15, 0.2) is 0 Å². The molecule has 1 aromatic carbocycles. The number of hydrogen-bond donors (Lipinski definition) is 1. The maximum Gasteiger partial charge on any atom is 0.237 e. The Labute approximate surface area is 118 Å². The van der Waals surface area contributed by atoms with Crippen LogP contribution in [0.3, 0.4) is 0 Å². The Morgan fingerprint density at radius 1 is 1.15 bits per heavy atom. The van der Waals surface area contributed by atoms with E-state index in [0.29, 0.717) is 12.1 Å². The molecule has 4 nitrogen and oxygen atoms in total. The minimum atomic E-state index is -0.0939. The first-order valence-electron chi connectivity index (χ1n) is 7.30. The van der Waals surface area contributed by atoms with Crippen molar-refractivity contribution in [1.82, 2.24) is 0 Å². The van der Waals surface area contributed by atoms with E-state index < -0.39 is 0 Å². The largest absolute Gasteiger partial charge is 0.396 e. The standard InChI is InChI=1S/C16H19NO3/c18-9-3-5-11-4-1-6-12(10-11)17-15(19)13-7-2-8-14(13)16(17)20/h1,4,6,10,13-14,18H,2-3,5,7-9H2. The van der Waals surface area contributed by atoms with Crippen LogP contribution >= 0.6 is 0 Å². The van der Waals surface area contributed by atoms with E-state index in [9.17, 15) is 9.59 Å². The molecular weight excluding hydrogens is 254 g/mol. The van der Waals surface area contributed by atoms with Crippen LogP contribution in [0.25, 0.3) is 0 Å². The lowest BCUT2D eigenvalue weighted by molar-refractivity contribution is -0.122. The van der Waals surface area contributed by atoms with Gasteiger partial charge in [-0.05, 0) is 43.4 Å². The number of anilines is 1. The number of benzene rings is 1. The molecule has 2 fully saturated rings. The van der Waals surface area contributed by atoms with Crippen molar-refractivity contribution in [2.75, 3.05) is 11.5 Å². The van der Waals surface area contributed by atoms with Crippen LogP contribution in [0.4, 0.5) is 5.69 Å². The van der Waals surface area contributed by atoms with Gasteiger partial charge in [-0.1, -0.05) is 18.6 Å². The average Bonchev–Trinajstić information content (AvgIpc) is 3.02. The quantitative estimate of drug-likeness (QED) is 0.852. The summed E-state index contributed by atoms with van der Waals surface area (Å²) in [5, 5.41) is 8.88. The van der Waals surface area contributed by atoms with Gasteiger partial charge < -0.3 is 5.11 Å². The molecule has 1 saturated heterocycles. The van der Waals surface area contributed by atoms with Gasteiger partial charge in [0.25, 0.3) is 0 Å². The molecule has 2 unspecified atom stereocenters. The average molecular weight is 273 g/mol. The fourth-order valence-electron chi connectivity index (χ4n) is 3.38. The van der Waals surface area contributed by atoms with Crippen molar-refractivity contribution in [3.05, 3.63) is 29.8 Å². The molecule has 1 aliphatic carbocycles. The van der Waals surface area contributed by atoms with Crippen LogP contribution in [0.1, 0.15) is 31.2 Å². The minimum Gasteiger partial charge on any atom is -0.396 e. The molecule has 2 amide bonds. The fourth-order valence-corrected chi connectivity index (χ4v) is 3.38. The highest BCUT2D eigenvalue weighted by Crippen LogP contribution is 2.41. The van der Waals surface area contributed by atoms with Crippen molar-refractivity contribution in [2.24, 2.45) is 11.8 Å². The molecule has 3 rings (SSSR count). The third-order valence-corrected chi connectivity index (χ3v) is 4.38. The number of rotatable bonds is 4. The summed E-state index contributed by atoms with van der Waals surface area (Å²) >= 11 is 0. The van der Waals surface area contributed by atoms with Gasteiger partial charge in [0, 0.05) is 6.61 Å². The molecule has 20 heavy (non-hydrogen) atoms. The molecular formula is C16H19NO3. The zero-order valence-electron chi connectivity index (χ0n) is 11.4. The van der Waals surface area contributed by atoms with Gasteiger partial charge in [0.1, 0.15) is 0 Å². The molecule has 1 saturated carbocycles. The van der Waals surface area contributed by atoms with E-state index in [4.69, 9.17) is 5.11 Å². The number of carbonyl (C=O) groups is 2. The number of carbonyl (C=O) groups excluding carboxylic acids is 2. The summed E-state index contributed by atoms with van der Waals surface area (Å²) in [6.45, 7) is 0.149. The van der Waals surface area contributed by atoms with E-state index in [0.717, 1.165) is 31.2 Å². The fraction of sp³-hybridized carbons (Fsp3) is 0.500. The first kappa shape index (κ1) is 13.3. The zero-order chi connectivity index (χ0) is 14.1. The summed E-state index contributed by atoms with van der Waals surface area (Å²) < 4.78 is 0. The molecule has 1 aliphatic heterocycles. The molecule has 4 heteroatoms. The van der Waals surface area contributed by atoms with Crippen LogP contribution in [0, 0.1) is 11.8 Å². The highest BCUT2D eigenvalue weighted by atomic mass is 16.3. The van der Waals surface area contributed by atoms with Crippen molar-refractivity contribution in [1.29, 1.82) is 0 Å². The molecule has 1 N–H and O–H groups in total. The van der Waals surface area contributed by atoms with Gasteiger partial charge in [0.05, 0.1) is 17.5 Å². The third-order valence-electron chi connectivity index (χ3n) is 4.38. The minimum absolute atomic E-state index is 0.0307. The predicted molar refractivity (Wildman–Crippen MR) is 75.2 cm³/mol. The van der Waals surface area contributed by atoms with E-state index in [1.54, 1.807) is 0 Å². The predicted octanol–water partition coefficient (Wildman–Crippen LogP) is 1.90. The number of imide groups is 1. The summed E-state index contributed by atoms with van der Waals surface area (Å²) in [5.41, 5.74) is 1.74. The number of aryl methyl sites for hydroxylation is 1. The second-order valence-electron chi connectivity index (χ2n) is 5.65. The van der Waals surface area contributed by atoms with Gasteiger partial charge in [-0.25, -0.2) is 0 Å². The maximum absolute atomic E-state index is 12.4. The zero-order valence-corrected chi connectivity index (χ0v) is 11.4. The van der Waals surface area contributed by atoms with Crippen molar-refractivity contribution in [2.45, 2.75) is 32.1 Å². The molecule has 0 spiro atoms. The molecule has 0 bridgehead atoms. The normalized spacial score (nSPS) is 25.4. The highest BCUT2D eigenvalue weighted by Gasteiger charge is 2.50. The molecule has 1 aromatic rings.